The summed E-state index contributed by atoms with van der Waals surface area (Å²) in [6.45, 7) is 4.04. The molecule has 1 fully saturated rings. The molecule has 0 aliphatic carbocycles. The first-order chi connectivity index (χ1) is 8.58. The number of likely N-dealkylation sites (N-methyl/N-ethyl adjacent to an activating group) is 1. The quantitative estimate of drug-likeness (QED) is 0.828. The van der Waals surface area contributed by atoms with Gasteiger partial charge in [-0.15, -0.1) is 0 Å². The van der Waals surface area contributed by atoms with Crippen LogP contribution < -0.4 is 5.73 Å². The van der Waals surface area contributed by atoms with Gasteiger partial charge in [0.2, 0.25) is 0 Å². The predicted molar refractivity (Wildman–Crippen MR) is 68.8 cm³/mol. The summed E-state index contributed by atoms with van der Waals surface area (Å²) in [5.74, 6) is -0.424. The summed E-state index contributed by atoms with van der Waals surface area (Å²) in [5, 5.41) is 9.40. The van der Waals surface area contributed by atoms with Crippen LogP contribution in [0.1, 0.15) is 5.56 Å². The molecular weight excluding hydrogens is 233 g/mol. The molecule has 100 valence electrons. The van der Waals surface area contributed by atoms with Crippen molar-refractivity contribution in [3.8, 4) is 5.75 Å². The van der Waals surface area contributed by atoms with Gasteiger partial charge < -0.3 is 15.7 Å². The number of rotatable bonds is 3. The first kappa shape index (κ1) is 13.3. The minimum atomic E-state index is -0.400. The van der Waals surface area contributed by atoms with Crippen LogP contribution in [0.3, 0.4) is 0 Å². The van der Waals surface area contributed by atoms with Crippen LogP contribution in [0.2, 0.25) is 0 Å². The highest BCUT2D eigenvalue weighted by atomic mass is 19.1. The van der Waals surface area contributed by atoms with Crippen molar-refractivity contribution in [3.05, 3.63) is 29.6 Å². The molecule has 1 aliphatic heterocycles. The number of halogens is 1. The van der Waals surface area contributed by atoms with E-state index < -0.39 is 5.82 Å². The van der Waals surface area contributed by atoms with Crippen LogP contribution >= 0.6 is 0 Å². The molecule has 0 saturated carbocycles. The summed E-state index contributed by atoms with van der Waals surface area (Å²) in [5.41, 5.74) is 6.57. The Labute approximate surface area is 107 Å². The van der Waals surface area contributed by atoms with E-state index in [0.29, 0.717) is 13.1 Å². The van der Waals surface area contributed by atoms with Crippen molar-refractivity contribution >= 4 is 0 Å². The Bertz CT molecular complexity index is 393. The molecular formula is C13H20FN3O. The maximum atomic E-state index is 13.2. The van der Waals surface area contributed by atoms with E-state index >= 15 is 0 Å². The fourth-order valence-electron chi connectivity index (χ4n) is 2.44. The van der Waals surface area contributed by atoms with Crippen molar-refractivity contribution in [2.75, 3.05) is 33.2 Å². The van der Waals surface area contributed by atoms with Gasteiger partial charge >= 0.3 is 0 Å². The fraction of sp³-hybridized carbons (Fsp3) is 0.538. The van der Waals surface area contributed by atoms with Gasteiger partial charge in [-0.05, 0) is 24.7 Å². The Morgan fingerprint density at radius 1 is 1.39 bits per heavy atom. The highest BCUT2D eigenvalue weighted by Crippen LogP contribution is 2.18. The van der Waals surface area contributed by atoms with Crippen LogP contribution in [-0.4, -0.2) is 54.2 Å². The van der Waals surface area contributed by atoms with Crippen molar-refractivity contribution in [3.63, 3.8) is 0 Å². The van der Waals surface area contributed by atoms with Crippen LogP contribution in [0, 0.1) is 5.82 Å². The molecule has 0 radical (unpaired) electrons. The molecule has 1 aliphatic rings. The zero-order chi connectivity index (χ0) is 13.1. The lowest BCUT2D eigenvalue weighted by Gasteiger charge is -2.39. The van der Waals surface area contributed by atoms with Crippen molar-refractivity contribution in [2.45, 2.75) is 12.6 Å². The molecule has 0 bridgehead atoms. The second-order valence-corrected chi connectivity index (χ2v) is 4.94. The molecule has 18 heavy (non-hydrogen) atoms. The first-order valence-corrected chi connectivity index (χ1v) is 6.19. The molecule has 3 N–H and O–H groups in total. The summed E-state index contributed by atoms with van der Waals surface area (Å²) in [6, 6.07) is 4.48. The molecule has 4 nitrogen and oxygen atoms in total. The van der Waals surface area contributed by atoms with Crippen molar-refractivity contribution in [1.82, 2.24) is 9.80 Å². The minimum absolute atomic E-state index is 0.0246. The Hall–Kier alpha value is -1.17. The van der Waals surface area contributed by atoms with Crippen LogP contribution in [0.4, 0.5) is 4.39 Å². The number of phenols is 1. The molecule has 1 atom stereocenters. The van der Waals surface area contributed by atoms with Gasteiger partial charge in [-0.2, -0.15) is 0 Å². The topological polar surface area (TPSA) is 52.7 Å². The molecule has 1 heterocycles. The summed E-state index contributed by atoms with van der Waals surface area (Å²) in [4.78, 5) is 4.49. The van der Waals surface area contributed by atoms with Crippen LogP contribution in [0.25, 0.3) is 0 Å². The third-order valence-electron chi connectivity index (χ3n) is 3.41. The Morgan fingerprint density at radius 3 is 2.83 bits per heavy atom. The molecule has 0 spiro atoms. The first-order valence-electron chi connectivity index (χ1n) is 6.19. The summed E-state index contributed by atoms with van der Waals surface area (Å²) >= 11 is 0. The number of nitrogens with two attached hydrogens (primary N) is 1. The normalized spacial score (nSPS) is 22.3. The van der Waals surface area contributed by atoms with E-state index in [1.54, 1.807) is 6.07 Å². The number of piperazine rings is 1. The van der Waals surface area contributed by atoms with E-state index in [0.717, 1.165) is 31.3 Å². The lowest BCUT2D eigenvalue weighted by Crippen LogP contribution is -2.54. The maximum Gasteiger partial charge on any atom is 0.127 e. The highest BCUT2D eigenvalue weighted by molar-refractivity contribution is 5.28. The molecule has 5 heteroatoms. The molecule has 1 aromatic carbocycles. The number of aromatic hydroxyl groups is 1. The number of nitrogens with zero attached hydrogens (tertiary/aromatic N) is 2. The third-order valence-corrected chi connectivity index (χ3v) is 3.41. The summed E-state index contributed by atoms with van der Waals surface area (Å²) in [7, 11) is 2.08. The standard InChI is InChI=1S/C13H20FN3O/c1-16-2-3-17(12(7-15)9-16)8-10-4-11(14)6-13(18)5-10/h4-6,12,18H,2-3,7-9,15H2,1H3. The minimum Gasteiger partial charge on any atom is -0.508 e. The molecule has 0 aromatic heterocycles. The lowest BCUT2D eigenvalue weighted by atomic mass is 10.1. The third kappa shape index (κ3) is 3.19. The molecule has 1 unspecified atom stereocenters. The van der Waals surface area contributed by atoms with Gasteiger partial charge in [0.15, 0.2) is 0 Å². The Morgan fingerprint density at radius 2 is 2.17 bits per heavy atom. The van der Waals surface area contributed by atoms with Crippen molar-refractivity contribution < 1.29 is 9.50 Å². The van der Waals surface area contributed by atoms with Gasteiger partial charge in [-0.25, -0.2) is 4.39 Å². The van der Waals surface area contributed by atoms with Crippen molar-refractivity contribution in [2.24, 2.45) is 5.73 Å². The van der Waals surface area contributed by atoms with E-state index in [2.05, 4.69) is 16.8 Å². The monoisotopic (exact) mass is 253 g/mol. The summed E-state index contributed by atoms with van der Waals surface area (Å²) in [6.07, 6.45) is 0. The van der Waals surface area contributed by atoms with Gasteiger partial charge in [0.25, 0.3) is 0 Å². The fourth-order valence-corrected chi connectivity index (χ4v) is 2.44. The van der Waals surface area contributed by atoms with Gasteiger partial charge in [-0.1, -0.05) is 0 Å². The number of hydrogen-bond acceptors (Lipinski definition) is 4. The van der Waals surface area contributed by atoms with E-state index in [1.807, 2.05) is 0 Å². The van der Waals surface area contributed by atoms with Gasteiger partial charge in [0, 0.05) is 44.8 Å². The largest absolute Gasteiger partial charge is 0.508 e. The average molecular weight is 253 g/mol. The second kappa shape index (κ2) is 5.65. The predicted octanol–water partition coefficient (Wildman–Crippen LogP) is 0.606. The zero-order valence-electron chi connectivity index (χ0n) is 10.6. The number of hydrogen-bond donors (Lipinski definition) is 2. The lowest BCUT2D eigenvalue weighted by molar-refractivity contribution is 0.0879. The van der Waals surface area contributed by atoms with Gasteiger partial charge in [0.1, 0.15) is 11.6 Å². The van der Waals surface area contributed by atoms with Gasteiger partial charge in [-0.3, -0.25) is 4.90 Å². The van der Waals surface area contributed by atoms with E-state index in [-0.39, 0.29) is 11.8 Å². The second-order valence-electron chi connectivity index (χ2n) is 4.94. The van der Waals surface area contributed by atoms with E-state index in [9.17, 15) is 9.50 Å². The zero-order valence-corrected chi connectivity index (χ0v) is 10.6. The smallest absolute Gasteiger partial charge is 0.127 e. The molecule has 0 amide bonds. The number of benzene rings is 1. The molecule has 1 aromatic rings. The summed E-state index contributed by atoms with van der Waals surface area (Å²) < 4.78 is 13.2. The molecule has 2 rings (SSSR count). The Kier molecular flexibility index (Phi) is 4.16. The van der Waals surface area contributed by atoms with Crippen LogP contribution in [-0.2, 0) is 6.54 Å². The highest BCUT2D eigenvalue weighted by Gasteiger charge is 2.24. The average Bonchev–Trinajstić information content (AvgIpc) is 2.30. The SMILES string of the molecule is CN1CCN(Cc2cc(O)cc(F)c2)C(CN)C1. The Balaban J connectivity index is 2.07. The van der Waals surface area contributed by atoms with E-state index in [1.165, 1.54) is 6.07 Å². The van der Waals surface area contributed by atoms with Crippen LogP contribution in [0.5, 0.6) is 5.75 Å². The number of phenolic OH excluding ortho intramolecular Hbond substituents is 1. The van der Waals surface area contributed by atoms with E-state index in [4.69, 9.17) is 5.73 Å². The van der Waals surface area contributed by atoms with Crippen molar-refractivity contribution in [1.29, 1.82) is 0 Å². The van der Waals surface area contributed by atoms with Crippen LogP contribution in [0.15, 0.2) is 18.2 Å². The van der Waals surface area contributed by atoms with Gasteiger partial charge in [0.05, 0.1) is 0 Å². The maximum absolute atomic E-state index is 13.2. The molecule has 1 saturated heterocycles.